The standard InChI is InChI=1S/C10H17NO2/c1-8-6-4-5-7-9(8)10(12)11(2)13-3/h6,9H,4-5,7H2,1-3H3. The molecule has 0 saturated carbocycles. The Morgan fingerprint density at radius 2 is 2.38 bits per heavy atom. The minimum absolute atomic E-state index is 0.0405. The SMILES string of the molecule is CON(C)C(=O)C1CCCC=C1C. The molecule has 0 heterocycles. The Morgan fingerprint density at radius 3 is 2.92 bits per heavy atom. The molecule has 0 radical (unpaired) electrons. The van der Waals surface area contributed by atoms with Crippen molar-refractivity contribution in [2.24, 2.45) is 5.92 Å². The summed E-state index contributed by atoms with van der Waals surface area (Å²) in [5.41, 5.74) is 1.18. The molecule has 0 N–H and O–H groups in total. The Hall–Kier alpha value is -0.830. The Labute approximate surface area is 79.3 Å². The summed E-state index contributed by atoms with van der Waals surface area (Å²) in [7, 11) is 3.17. The molecule has 1 rings (SSSR count). The van der Waals surface area contributed by atoms with Crippen LogP contribution in [0, 0.1) is 5.92 Å². The summed E-state index contributed by atoms with van der Waals surface area (Å²) in [5, 5.41) is 1.31. The Morgan fingerprint density at radius 1 is 1.69 bits per heavy atom. The van der Waals surface area contributed by atoms with Gasteiger partial charge in [-0.3, -0.25) is 9.63 Å². The minimum atomic E-state index is 0.0405. The van der Waals surface area contributed by atoms with Crippen molar-refractivity contribution in [3.8, 4) is 0 Å². The lowest BCUT2D eigenvalue weighted by molar-refractivity contribution is -0.172. The van der Waals surface area contributed by atoms with Gasteiger partial charge in [0.2, 0.25) is 0 Å². The van der Waals surface area contributed by atoms with Gasteiger partial charge in [0.05, 0.1) is 13.0 Å². The fourth-order valence-electron chi connectivity index (χ4n) is 1.65. The zero-order valence-electron chi connectivity index (χ0n) is 8.54. The average molecular weight is 183 g/mol. The van der Waals surface area contributed by atoms with E-state index in [-0.39, 0.29) is 11.8 Å². The third-order valence-electron chi connectivity index (χ3n) is 2.60. The van der Waals surface area contributed by atoms with Crippen LogP contribution in [0.1, 0.15) is 26.2 Å². The first kappa shape index (κ1) is 10.3. The fraction of sp³-hybridized carbons (Fsp3) is 0.700. The van der Waals surface area contributed by atoms with Crippen LogP contribution in [-0.4, -0.2) is 25.1 Å². The van der Waals surface area contributed by atoms with Gasteiger partial charge < -0.3 is 0 Å². The fourth-order valence-corrected chi connectivity index (χ4v) is 1.65. The second-order valence-corrected chi connectivity index (χ2v) is 3.45. The number of carbonyl (C=O) groups excluding carboxylic acids is 1. The number of hydroxylamine groups is 2. The average Bonchev–Trinajstić information content (AvgIpc) is 2.16. The van der Waals surface area contributed by atoms with Crippen LogP contribution in [0.25, 0.3) is 0 Å². The predicted octanol–water partition coefficient (Wildman–Crippen LogP) is 1.75. The van der Waals surface area contributed by atoms with Crippen molar-refractivity contribution in [2.75, 3.05) is 14.2 Å². The molecule has 3 nitrogen and oxygen atoms in total. The van der Waals surface area contributed by atoms with Crippen molar-refractivity contribution in [3.05, 3.63) is 11.6 Å². The number of rotatable bonds is 2. The lowest BCUT2D eigenvalue weighted by Crippen LogP contribution is -2.33. The van der Waals surface area contributed by atoms with E-state index in [1.54, 1.807) is 7.05 Å². The van der Waals surface area contributed by atoms with E-state index >= 15 is 0 Å². The summed E-state index contributed by atoms with van der Waals surface area (Å²) in [6.45, 7) is 2.02. The molecule has 1 unspecified atom stereocenters. The maximum Gasteiger partial charge on any atom is 0.253 e. The first-order valence-electron chi connectivity index (χ1n) is 4.65. The first-order chi connectivity index (χ1) is 6.16. The molecule has 0 spiro atoms. The van der Waals surface area contributed by atoms with Gasteiger partial charge in [-0.25, -0.2) is 5.06 Å². The van der Waals surface area contributed by atoms with Crippen LogP contribution >= 0.6 is 0 Å². The summed E-state index contributed by atoms with van der Waals surface area (Å²) in [6, 6.07) is 0. The van der Waals surface area contributed by atoms with Gasteiger partial charge in [0.15, 0.2) is 0 Å². The highest BCUT2D eigenvalue weighted by Gasteiger charge is 2.25. The second-order valence-electron chi connectivity index (χ2n) is 3.45. The number of allylic oxidation sites excluding steroid dienone is 1. The Kier molecular flexibility index (Phi) is 3.48. The highest BCUT2D eigenvalue weighted by molar-refractivity contribution is 5.80. The molecule has 74 valence electrons. The molecule has 0 saturated heterocycles. The zero-order valence-corrected chi connectivity index (χ0v) is 8.54. The largest absolute Gasteiger partial charge is 0.275 e. The molecule has 0 bridgehead atoms. The van der Waals surface area contributed by atoms with Crippen LogP contribution in [-0.2, 0) is 9.63 Å². The third-order valence-corrected chi connectivity index (χ3v) is 2.60. The summed E-state index contributed by atoms with van der Waals surface area (Å²) in [4.78, 5) is 16.6. The van der Waals surface area contributed by atoms with E-state index in [0.29, 0.717) is 0 Å². The van der Waals surface area contributed by atoms with Crippen molar-refractivity contribution in [1.29, 1.82) is 0 Å². The van der Waals surface area contributed by atoms with E-state index in [9.17, 15) is 4.79 Å². The van der Waals surface area contributed by atoms with E-state index in [1.807, 2.05) is 6.92 Å². The van der Waals surface area contributed by atoms with Crippen molar-refractivity contribution >= 4 is 5.91 Å². The molecule has 1 atom stereocenters. The van der Waals surface area contributed by atoms with Gasteiger partial charge in [-0.1, -0.05) is 11.6 Å². The quantitative estimate of drug-likeness (QED) is 0.482. The van der Waals surface area contributed by atoms with Crippen molar-refractivity contribution in [1.82, 2.24) is 5.06 Å². The molecule has 1 amide bonds. The van der Waals surface area contributed by atoms with Crippen molar-refractivity contribution in [3.63, 3.8) is 0 Å². The van der Waals surface area contributed by atoms with Gasteiger partial charge >= 0.3 is 0 Å². The Balaban J connectivity index is 2.65. The van der Waals surface area contributed by atoms with Gasteiger partial charge in [0.1, 0.15) is 0 Å². The van der Waals surface area contributed by atoms with Gasteiger partial charge in [0, 0.05) is 7.05 Å². The molecule has 0 fully saturated rings. The van der Waals surface area contributed by atoms with Crippen LogP contribution in [0.2, 0.25) is 0 Å². The third kappa shape index (κ3) is 2.31. The van der Waals surface area contributed by atoms with Crippen molar-refractivity contribution in [2.45, 2.75) is 26.2 Å². The molecule has 13 heavy (non-hydrogen) atoms. The number of hydrogen-bond acceptors (Lipinski definition) is 2. The lowest BCUT2D eigenvalue weighted by atomic mass is 9.88. The number of nitrogens with zero attached hydrogens (tertiary/aromatic N) is 1. The zero-order chi connectivity index (χ0) is 9.84. The van der Waals surface area contributed by atoms with Crippen LogP contribution < -0.4 is 0 Å². The van der Waals surface area contributed by atoms with Crippen molar-refractivity contribution < 1.29 is 9.63 Å². The second kappa shape index (κ2) is 4.42. The summed E-state index contributed by atoms with van der Waals surface area (Å²) in [5.74, 6) is 0.106. The lowest BCUT2D eigenvalue weighted by Gasteiger charge is -2.24. The maximum atomic E-state index is 11.7. The molecule has 1 aliphatic carbocycles. The minimum Gasteiger partial charge on any atom is -0.275 e. The molecule has 0 aromatic carbocycles. The van der Waals surface area contributed by atoms with E-state index in [0.717, 1.165) is 19.3 Å². The number of hydrogen-bond donors (Lipinski definition) is 0. The van der Waals surface area contributed by atoms with Crippen LogP contribution in [0.5, 0.6) is 0 Å². The first-order valence-corrected chi connectivity index (χ1v) is 4.65. The number of amides is 1. The Bertz CT molecular complexity index is 223. The summed E-state index contributed by atoms with van der Waals surface area (Å²) >= 11 is 0. The molecular weight excluding hydrogens is 166 g/mol. The van der Waals surface area contributed by atoms with Crippen LogP contribution in [0.3, 0.4) is 0 Å². The molecule has 0 aliphatic heterocycles. The van der Waals surface area contributed by atoms with E-state index in [4.69, 9.17) is 4.84 Å². The normalized spacial score (nSPS) is 22.4. The monoisotopic (exact) mass is 183 g/mol. The molecule has 1 aliphatic rings. The molecular formula is C10H17NO2. The molecule has 0 aromatic rings. The smallest absolute Gasteiger partial charge is 0.253 e. The van der Waals surface area contributed by atoms with Gasteiger partial charge in [-0.2, -0.15) is 0 Å². The summed E-state index contributed by atoms with van der Waals surface area (Å²) in [6.07, 6.45) is 5.31. The highest BCUT2D eigenvalue weighted by Crippen LogP contribution is 2.25. The van der Waals surface area contributed by atoms with Crippen LogP contribution in [0.15, 0.2) is 11.6 Å². The van der Waals surface area contributed by atoms with E-state index in [1.165, 1.54) is 17.7 Å². The van der Waals surface area contributed by atoms with Gasteiger partial charge in [0.25, 0.3) is 5.91 Å². The van der Waals surface area contributed by atoms with Crippen LogP contribution in [0.4, 0.5) is 0 Å². The molecule has 3 heteroatoms. The number of carbonyl (C=O) groups is 1. The predicted molar refractivity (Wildman–Crippen MR) is 50.9 cm³/mol. The van der Waals surface area contributed by atoms with E-state index < -0.39 is 0 Å². The summed E-state index contributed by atoms with van der Waals surface area (Å²) < 4.78 is 0. The topological polar surface area (TPSA) is 29.5 Å². The van der Waals surface area contributed by atoms with E-state index in [2.05, 4.69) is 6.08 Å². The van der Waals surface area contributed by atoms with Gasteiger partial charge in [-0.05, 0) is 26.2 Å². The molecule has 0 aromatic heterocycles. The highest BCUT2D eigenvalue weighted by atomic mass is 16.7. The van der Waals surface area contributed by atoms with Gasteiger partial charge in [-0.15, -0.1) is 0 Å². The maximum absolute atomic E-state index is 11.7.